The lowest BCUT2D eigenvalue weighted by molar-refractivity contribution is 0.229. The SMILES string of the molecule is O=P(O)(O)O.O=P(O)(O)OP(=O)(O)Oc1c(-c2ccccc2)c(O)c(-c2ccccc2)c(-c2ccccc2)c1-c1ccccc1. The van der Waals surface area contributed by atoms with Gasteiger partial charge in [-0.05, 0) is 22.3 Å². The Morgan fingerprint density at radius 1 is 0.444 bits per heavy atom. The molecule has 5 rings (SSSR count). The Morgan fingerprint density at radius 3 is 1.11 bits per heavy atom. The topological polar surface area (TPSA) is 211 Å². The Hall–Kier alpha value is -3.89. The molecule has 0 aliphatic carbocycles. The van der Waals surface area contributed by atoms with Crippen molar-refractivity contribution in [3.05, 3.63) is 121 Å². The Morgan fingerprint density at radius 2 is 0.756 bits per heavy atom. The minimum Gasteiger partial charge on any atom is -0.506 e. The Balaban J connectivity index is 0.000000854. The van der Waals surface area contributed by atoms with Crippen molar-refractivity contribution in [1.82, 2.24) is 0 Å². The normalized spacial score (nSPS) is 12.8. The van der Waals surface area contributed by atoms with Gasteiger partial charge in [0.1, 0.15) is 5.75 Å². The molecule has 0 heterocycles. The maximum Gasteiger partial charge on any atom is 0.536 e. The van der Waals surface area contributed by atoms with Crippen LogP contribution in [0.4, 0.5) is 0 Å². The molecule has 1 atom stereocenters. The summed E-state index contributed by atoms with van der Waals surface area (Å²) in [6.07, 6.45) is 0. The Labute approximate surface area is 257 Å². The van der Waals surface area contributed by atoms with Crippen LogP contribution in [0.15, 0.2) is 121 Å². The molecule has 0 radical (unpaired) electrons. The molecule has 0 bridgehead atoms. The molecule has 0 spiro atoms. The third kappa shape index (κ3) is 9.31. The van der Waals surface area contributed by atoms with Gasteiger partial charge in [0.05, 0.1) is 5.56 Å². The van der Waals surface area contributed by atoms with E-state index in [2.05, 4.69) is 4.31 Å². The molecule has 0 aliphatic rings. The molecule has 45 heavy (non-hydrogen) atoms. The first kappa shape index (κ1) is 34.0. The van der Waals surface area contributed by atoms with Gasteiger partial charge < -0.3 is 34.1 Å². The van der Waals surface area contributed by atoms with Crippen molar-refractivity contribution in [2.75, 3.05) is 0 Å². The summed E-state index contributed by atoms with van der Waals surface area (Å²) in [6, 6.07) is 35.7. The maximum atomic E-state index is 13.0. The third-order valence-electron chi connectivity index (χ3n) is 6.09. The van der Waals surface area contributed by atoms with E-state index in [9.17, 15) is 28.9 Å². The van der Waals surface area contributed by atoms with Crippen LogP contribution in [0.2, 0.25) is 0 Å². The number of hydrogen-bond acceptors (Lipinski definition) is 6. The van der Waals surface area contributed by atoms with E-state index < -0.39 is 23.5 Å². The van der Waals surface area contributed by atoms with Crippen LogP contribution in [0, 0.1) is 0 Å². The molecule has 0 saturated heterocycles. The lowest BCUT2D eigenvalue weighted by atomic mass is 9.83. The van der Waals surface area contributed by atoms with Crippen LogP contribution in [0.25, 0.3) is 44.5 Å². The highest BCUT2D eigenvalue weighted by Crippen LogP contribution is 2.63. The van der Waals surface area contributed by atoms with Crippen molar-refractivity contribution in [3.8, 4) is 56.0 Å². The van der Waals surface area contributed by atoms with E-state index in [4.69, 9.17) is 23.8 Å². The van der Waals surface area contributed by atoms with E-state index in [1.54, 1.807) is 60.7 Å². The van der Waals surface area contributed by atoms with E-state index in [-0.39, 0.29) is 17.1 Å². The van der Waals surface area contributed by atoms with Gasteiger partial charge in [0.2, 0.25) is 0 Å². The smallest absolute Gasteiger partial charge is 0.506 e. The number of aromatic hydroxyl groups is 1. The molecule has 0 amide bonds. The average molecular weight is 672 g/mol. The van der Waals surface area contributed by atoms with Crippen LogP contribution in [-0.4, -0.2) is 34.5 Å². The number of phosphoric ester groups is 1. The molecule has 7 N–H and O–H groups in total. The monoisotopic (exact) mass is 672 g/mol. The molecule has 12 nitrogen and oxygen atoms in total. The lowest BCUT2D eigenvalue weighted by Crippen LogP contribution is -2.03. The predicted octanol–water partition coefficient (Wildman–Crippen LogP) is 6.72. The Bertz CT molecular complexity index is 1890. The molecule has 0 saturated carbocycles. The van der Waals surface area contributed by atoms with Crippen LogP contribution in [0.3, 0.4) is 0 Å². The van der Waals surface area contributed by atoms with Gasteiger partial charge in [-0.3, -0.25) is 4.89 Å². The van der Waals surface area contributed by atoms with Crippen molar-refractivity contribution >= 4 is 23.5 Å². The molecular weight excluding hydrogens is 645 g/mol. The van der Waals surface area contributed by atoms with Crippen molar-refractivity contribution < 1.29 is 57.0 Å². The molecule has 0 fully saturated rings. The zero-order chi connectivity index (χ0) is 32.8. The molecule has 0 aromatic heterocycles. The Kier molecular flexibility index (Phi) is 10.6. The largest absolute Gasteiger partial charge is 0.536 e. The number of benzene rings is 5. The summed E-state index contributed by atoms with van der Waals surface area (Å²) in [6.45, 7) is 0. The van der Waals surface area contributed by atoms with Gasteiger partial charge in [0, 0.05) is 16.7 Å². The van der Waals surface area contributed by atoms with Crippen LogP contribution in [0.5, 0.6) is 11.5 Å². The van der Waals surface area contributed by atoms with Crippen LogP contribution < -0.4 is 4.52 Å². The second kappa shape index (κ2) is 14.0. The summed E-state index contributed by atoms with van der Waals surface area (Å²) >= 11 is 0. The molecular formula is C30H27O12P3. The quantitative estimate of drug-likeness (QED) is 0.0857. The summed E-state index contributed by atoms with van der Waals surface area (Å²) in [5.74, 6) is -0.546. The summed E-state index contributed by atoms with van der Waals surface area (Å²) in [7, 11) is -15.5. The highest BCUT2D eigenvalue weighted by atomic mass is 31.3. The van der Waals surface area contributed by atoms with Gasteiger partial charge in [0.25, 0.3) is 0 Å². The summed E-state index contributed by atoms with van der Waals surface area (Å²) in [4.78, 5) is 50.7. The number of phenols is 1. The van der Waals surface area contributed by atoms with Crippen molar-refractivity contribution in [1.29, 1.82) is 0 Å². The van der Waals surface area contributed by atoms with Crippen molar-refractivity contribution in [3.63, 3.8) is 0 Å². The average Bonchev–Trinajstić information content (AvgIpc) is 2.96. The molecule has 5 aromatic carbocycles. The predicted molar refractivity (Wildman–Crippen MR) is 168 cm³/mol. The zero-order valence-electron chi connectivity index (χ0n) is 23.1. The summed E-state index contributed by atoms with van der Waals surface area (Å²) in [5, 5.41) is 12.0. The van der Waals surface area contributed by atoms with E-state index in [1.165, 1.54) is 0 Å². The van der Waals surface area contributed by atoms with E-state index in [1.807, 2.05) is 60.7 Å². The first-order valence-electron chi connectivity index (χ1n) is 12.9. The molecule has 234 valence electrons. The van der Waals surface area contributed by atoms with Crippen LogP contribution >= 0.6 is 23.5 Å². The molecule has 0 aliphatic heterocycles. The maximum absolute atomic E-state index is 13.0. The fourth-order valence-electron chi connectivity index (χ4n) is 4.60. The van der Waals surface area contributed by atoms with Gasteiger partial charge in [-0.15, -0.1) is 0 Å². The fourth-order valence-corrected chi connectivity index (χ4v) is 6.23. The van der Waals surface area contributed by atoms with Gasteiger partial charge in [0.15, 0.2) is 5.75 Å². The number of hydrogen-bond donors (Lipinski definition) is 7. The molecule has 5 aromatic rings. The van der Waals surface area contributed by atoms with Gasteiger partial charge >= 0.3 is 23.5 Å². The number of phenolic OH excluding ortho intramolecular Hbond substituents is 1. The van der Waals surface area contributed by atoms with Crippen LogP contribution in [0.1, 0.15) is 0 Å². The minimum atomic E-state index is -5.44. The van der Waals surface area contributed by atoms with Gasteiger partial charge in [-0.2, -0.15) is 4.31 Å². The van der Waals surface area contributed by atoms with Crippen LogP contribution in [-0.2, 0) is 18.0 Å². The van der Waals surface area contributed by atoms with E-state index >= 15 is 0 Å². The summed E-state index contributed by atoms with van der Waals surface area (Å²) in [5.41, 5.74) is 3.57. The zero-order valence-corrected chi connectivity index (χ0v) is 25.7. The molecule has 15 heteroatoms. The summed E-state index contributed by atoms with van der Waals surface area (Å²) < 4.78 is 43.2. The second-order valence-electron chi connectivity index (χ2n) is 9.29. The van der Waals surface area contributed by atoms with Gasteiger partial charge in [-0.25, -0.2) is 13.7 Å². The first-order valence-corrected chi connectivity index (χ1v) is 17.5. The highest BCUT2D eigenvalue weighted by Gasteiger charge is 2.38. The van der Waals surface area contributed by atoms with E-state index in [0.29, 0.717) is 38.9 Å². The second-order valence-corrected chi connectivity index (χ2v) is 13.1. The highest BCUT2D eigenvalue weighted by molar-refractivity contribution is 7.60. The fraction of sp³-hybridized carbons (Fsp3) is 0. The van der Waals surface area contributed by atoms with E-state index in [0.717, 1.165) is 0 Å². The number of phosphoric acid groups is 3. The standard InChI is InChI=1S/C30H24O8P2.H3O4P/c31-29-26(22-15-7-2-8-16-22)25(21-13-5-1-6-14-21)27(23-17-9-3-10-18-23)30(28(29)24-19-11-4-12-20-24)37-40(35,36)38-39(32,33)34;1-5(2,3)4/h1-20,31H,(H,35,36)(H2,32,33,34);(H3,1,2,3,4). The molecule has 1 unspecified atom stereocenters. The lowest BCUT2D eigenvalue weighted by Gasteiger charge is -2.26. The van der Waals surface area contributed by atoms with Crippen molar-refractivity contribution in [2.45, 2.75) is 0 Å². The van der Waals surface area contributed by atoms with Gasteiger partial charge in [-0.1, -0.05) is 121 Å². The van der Waals surface area contributed by atoms with Crippen molar-refractivity contribution in [2.24, 2.45) is 0 Å². The third-order valence-corrected chi connectivity index (χ3v) is 8.18. The first-order chi connectivity index (χ1) is 21.1. The number of rotatable bonds is 8. The minimum absolute atomic E-state index is 0.0431.